The predicted octanol–water partition coefficient (Wildman–Crippen LogP) is -0.00850. The van der Waals surface area contributed by atoms with E-state index in [0.29, 0.717) is 18.4 Å². The first kappa shape index (κ1) is 13.3. The van der Waals surface area contributed by atoms with Crippen molar-refractivity contribution in [1.29, 1.82) is 0 Å². The van der Waals surface area contributed by atoms with Crippen LogP contribution in [-0.2, 0) is 6.54 Å². The Bertz CT molecular complexity index is 627. The zero-order valence-electron chi connectivity index (χ0n) is 11.7. The Hall–Kier alpha value is -1.73. The zero-order chi connectivity index (χ0) is 13.9. The molecule has 7 nitrogen and oxygen atoms in total. The van der Waals surface area contributed by atoms with Crippen molar-refractivity contribution in [3.05, 3.63) is 28.4 Å². The topological polar surface area (TPSA) is 78.3 Å². The quantitative estimate of drug-likeness (QED) is 0.821. The van der Waals surface area contributed by atoms with E-state index in [-0.39, 0.29) is 5.56 Å². The van der Waals surface area contributed by atoms with Gasteiger partial charge in [0.15, 0.2) is 0 Å². The van der Waals surface area contributed by atoms with Crippen LogP contribution in [-0.4, -0.2) is 50.7 Å². The average Bonchev–Trinajstić information content (AvgIpc) is 2.88. The van der Waals surface area contributed by atoms with E-state index in [1.54, 1.807) is 6.07 Å². The Balaban J connectivity index is 1.67. The van der Waals surface area contributed by atoms with Crippen molar-refractivity contribution in [3.8, 4) is 0 Å². The minimum absolute atomic E-state index is 0.119. The molecule has 0 aromatic carbocycles. The number of H-pyrrole nitrogens is 1. The standard InChI is InChI=1S/C13H20N6O/c1-18(7-10-4-2-3-5-14-10)8-11-6-12(20)19-13(17-11)15-9-16-19/h6,9-10,14H,2-5,7-8H2,1H3,(H,15,16,17). The molecule has 1 atom stereocenters. The summed E-state index contributed by atoms with van der Waals surface area (Å²) >= 11 is 0. The van der Waals surface area contributed by atoms with E-state index in [4.69, 9.17) is 0 Å². The van der Waals surface area contributed by atoms with Gasteiger partial charge < -0.3 is 5.32 Å². The summed E-state index contributed by atoms with van der Waals surface area (Å²) in [6.45, 7) is 2.75. The molecule has 0 spiro atoms. The van der Waals surface area contributed by atoms with Gasteiger partial charge in [-0.1, -0.05) is 6.42 Å². The number of aromatic amines is 1. The Kier molecular flexibility index (Phi) is 3.79. The van der Waals surface area contributed by atoms with Gasteiger partial charge in [0.05, 0.1) is 5.69 Å². The van der Waals surface area contributed by atoms with Gasteiger partial charge in [-0.25, -0.2) is 9.97 Å². The van der Waals surface area contributed by atoms with Gasteiger partial charge in [0.25, 0.3) is 11.3 Å². The van der Waals surface area contributed by atoms with Crippen molar-refractivity contribution in [2.24, 2.45) is 0 Å². The van der Waals surface area contributed by atoms with E-state index in [0.717, 1.165) is 18.8 Å². The van der Waals surface area contributed by atoms with Crippen molar-refractivity contribution in [2.45, 2.75) is 31.8 Å². The molecule has 1 saturated heterocycles. The summed E-state index contributed by atoms with van der Waals surface area (Å²) in [6.07, 6.45) is 5.26. The van der Waals surface area contributed by atoms with E-state index in [9.17, 15) is 4.79 Å². The van der Waals surface area contributed by atoms with E-state index in [1.165, 1.54) is 30.1 Å². The molecule has 0 radical (unpaired) electrons. The summed E-state index contributed by atoms with van der Waals surface area (Å²) in [4.78, 5) is 22.5. The van der Waals surface area contributed by atoms with Crippen molar-refractivity contribution < 1.29 is 0 Å². The molecule has 108 valence electrons. The molecule has 2 aromatic rings. The fourth-order valence-corrected chi connectivity index (χ4v) is 2.75. The normalized spacial score (nSPS) is 19.8. The average molecular weight is 276 g/mol. The van der Waals surface area contributed by atoms with Gasteiger partial charge in [0.2, 0.25) is 0 Å². The fraction of sp³-hybridized carbons (Fsp3) is 0.615. The van der Waals surface area contributed by atoms with E-state index >= 15 is 0 Å². The maximum absolute atomic E-state index is 11.9. The minimum Gasteiger partial charge on any atom is -0.313 e. The van der Waals surface area contributed by atoms with Crippen LogP contribution in [0.15, 0.2) is 17.2 Å². The molecule has 3 rings (SSSR count). The number of aromatic nitrogens is 4. The second-order valence-electron chi connectivity index (χ2n) is 5.45. The van der Waals surface area contributed by atoms with Gasteiger partial charge >= 0.3 is 0 Å². The van der Waals surface area contributed by atoms with Crippen molar-refractivity contribution in [1.82, 2.24) is 29.8 Å². The first-order chi connectivity index (χ1) is 9.72. The molecule has 1 unspecified atom stereocenters. The summed E-state index contributed by atoms with van der Waals surface area (Å²) < 4.78 is 1.34. The van der Waals surface area contributed by atoms with Crippen LogP contribution in [0, 0.1) is 0 Å². The molecule has 0 bridgehead atoms. The third-order valence-corrected chi connectivity index (χ3v) is 3.70. The van der Waals surface area contributed by atoms with Crippen LogP contribution in [0.5, 0.6) is 0 Å². The first-order valence-electron chi connectivity index (χ1n) is 7.06. The molecule has 20 heavy (non-hydrogen) atoms. The molecule has 0 aliphatic carbocycles. The number of likely N-dealkylation sites (N-methyl/N-ethyl adjacent to an activating group) is 1. The summed E-state index contributed by atoms with van der Waals surface area (Å²) in [5.74, 6) is 0.427. The maximum Gasteiger partial charge on any atom is 0.274 e. The minimum atomic E-state index is -0.119. The second-order valence-corrected chi connectivity index (χ2v) is 5.45. The number of nitrogens with zero attached hydrogens (tertiary/aromatic N) is 4. The first-order valence-corrected chi connectivity index (χ1v) is 7.06. The lowest BCUT2D eigenvalue weighted by molar-refractivity contribution is 0.254. The van der Waals surface area contributed by atoms with Gasteiger partial charge in [-0.15, -0.1) is 0 Å². The summed E-state index contributed by atoms with van der Waals surface area (Å²) in [5, 5.41) is 6.27. The molecular formula is C13H20N6O. The number of hydrogen-bond acceptors (Lipinski definition) is 5. The highest BCUT2D eigenvalue weighted by Gasteiger charge is 2.15. The molecule has 7 heteroatoms. The highest BCUT2D eigenvalue weighted by atomic mass is 16.1. The lowest BCUT2D eigenvalue weighted by atomic mass is 10.0. The molecule has 3 heterocycles. The van der Waals surface area contributed by atoms with Gasteiger partial charge in [0, 0.05) is 25.2 Å². The van der Waals surface area contributed by atoms with E-state index < -0.39 is 0 Å². The van der Waals surface area contributed by atoms with Gasteiger partial charge in [-0.2, -0.15) is 4.52 Å². The van der Waals surface area contributed by atoms with Crippen LogP contribution in [0.3, 0.4) is 0 Å². The molecule has 0 amide bonds. The van der Waals surface area contributed by atoms with Crippen LogP contribution >= 0.6 is 0 Å². The van der Waals surface area contributed by atoms with Gasteiger partial charge in [-0.3, -0.25) is 14.8 Å². The van der Waals surface area contributed by atoms with Crippen molar-refractivity contribution in [3.63, 3.8) is 0 Å². The molecule has 1 aliphatic heterocycles. The third kappa shape index (κ3) is 2.88. The van der Waals surface area contributed by atoms with E-state index in [2.05, 4.69) is 32.3 Å². The summed E-state index contributed by atoms with van der Waals surface area (Å²) in [5.41, 5.74) is 0.645. The van der Waals surface area contributed by atoms with Crippen LogP contribution in [0.1, 0.15) is 25.0 Å². The largest absolute Gasteiger partial charge is 0.313 e. The second kappa shape index (κ2) is 5.72. The fourth-order valence-electron chi connectivity index (χ4n) is 2.75. The maximum atomic E-state index is 11.9. The molecule has 2 aromatic heterocycles. The van der Waals surface area contributed by atoms with Crippen molar-refractivity contribution >= 4 is 5.78 Å². The Morgan fingerprint density at radius 1 is 1.50 bits per heavy atom. The number of rotatable bonds is 4. The Labute approximate surface area is 117 Å². The van der Waals surface area contributed by atoms with Crippen LogP contribution in [0.25, 0.3) is 5.78 Å². The number of nitrogens with one attached hydrogen (secondary N) is 2. The van der Waals surface area contributed by atoms with Crippen LogP contribution < -0.4 is 10.9 Å². The molecule has 1 fully saturated rings. The molecule has 2 N–H and O–H groups in total. The predicted molar refractivity (Wildman–Crippen MR) is 75.6 cm³/mol. The smallest absolute Gasteiger partial charge is 0.274 e. The molecular weight excluding hydrogens is 256 g/mol. The molecule has 0 saturated carbocycles. The van der Waals surface area contributed by atoms with Crippen molar-refractivity contribution in [2.75, 3.05) is 20.1 Å². The highest BCUT2D eigenvalue weighted by molar-refractivity contribution is 5.25. The van der Waals surface area contributed by atoms with E-state index in [1.807, 2.05) is 0 Å². The third-order valence-electron chi connectivity index (χ3n) is 3.70. The number of fused-ring (bicyclic) bond motifs is 1. The van der Waals surface area contributed by atoms with Crippen LogP contribution in [0.2, 0.25) is 0 Å². The van der Waals surface area contributed by atoms with Crippen LogP contribution in [0.4, 0.5) is 0 Å². The lowest BCUT2D eigenvalue weighted by Crippen LogP contribution is -2.42. The highest BCUT2D eigenvalue weighted by Crippen LogP contribution is 2.09. The lowest BCUT2D eigenvalue weighted by Gasteiger charge is -2.27. The summed E-state index contributed by atoms with van der Waals surface area (Å²) in [7, 11) is 2.06. The Morgan fingerprint density at radius 3 is 3.20 bits per heavy atom. The summed E-state index contributed by atoms with van der Waals surface area (Å²) in [6, 6.07) is 2.11. The zero-order valence-corrected chi connectivity index (χ0v) is 11.7. The number of hydrogen-bond donors (Lipinski definition) is 2. The Morgan fingerprint density at radius 2 is 2.40 bits per heavy atom. The SMILES string of the molecule is CN(Cc1cc(=O)n2[nH]cnc2n1)CC1CCCCN1. The number of piperidine rings is 1. The molecule has 1 aliphatic rings. The monoisotopic (exact) mass is 276 g/mol. The van der Waals surface area contributed by atoms with Gasteiger partial charge in [0.1, 0.15) is 6.33 Å². The van der Waals surface area contributed by atoms with Gasteiger partial charge in [-0.05, 0) is 26.4 Å².